The van der Waals surface area contributed by atoms with Crippen molar-refractivity contribution in [2.24, 2.45) is 0 Å². The van der Waals surface area contributed by atoms with Crippen LogP contribution in [0.2, 0.25) is 0 Å². The Labute approximate surface area is 89.9 Å². The maximum atomic E-state index is 10.6. The highest BCUT2D eigenvalue weighted by molar-refractivity contribution is 7.99. The number of aryl methyl sites for hydroxylation is 1. The standard InChI is InChI=1S/C12H16OS/c1-4-10(3)14-12-6-5-11(8-13)9(2)7-12/h5-8,10H,4H2,1-3H3. The van der Waals surface area contributed by atoms with Crippen molar-refractivity contribution < 1.29 is 4.79 Å². The second-order valence-electron chi connectivity index (χ2n) is 3.47. The molecule has 0 aromatic heterocycles. The normalized spacial score (nSPS) is 12.5. The van der Waals surface area contributed by atoms with E-state index in [1.54, 1.807) is 0 Å². The molecule has 0 N–H and O–H groups in total. The number of aldehydes is 1. The molecule has 1 aromatic rings. The lowest BCUT2D eigenvalue weighted by molar-refractivity contribution is 0.112. The summed E-state index contributed by atoms with van der Waals surface area (Å²) in [4.78, 5) is 11.9. The highest BCUT2D eigenvalue weighted by Gasteiger charge is 2.03. The average molecular weight is 208 g/mol. The summed E-state index contributed by atoms with van der Waals surface area (Å²) < 4.78 is 0. The van der Waals surface area contributed by atoms with E-state index in [-0.39, 0.29) is 0 Å². The number of rotatable bonds is 4. The molecule has 0 heterocycles. The van der Waals surface area contributed by atoms with E-state index in [0.29, 0.717) is 5.25 Å². The molecular weight excluding hydrogens is 192 g/mol. The zero-order valence-corrected chi connectivity index (χ0v) is 9.73. The predicted molar refractivity (Wildman–Crippen MR) is 62.2 cm³/mol. The van der Waals surface area contributed by atoms with E-state index in [9.17, 15) is 4.79 Å². The monoisotopic (exact) mass is 208 g/mol. The SMILES string of the molecule is CCC(C)Sc1ccc(C=O)c(C)c1. The minimum absolute atomic E-state index is 0.636. The second-order valence-corrected chi connectivity index (χ2v) is 4.98. The largest absolute Gasteiger partial charge is 0.298 e. The van der Waals surface area contributed by atoms with Crippen LogP contribution in [0.1, 0.15) is 36.2 Å². The first-order valence-electron chi connectivity index (χ1n) is 4.89. The van der Waals surface area contributed by atoms with Crippen LogP contribution in [0.4, 0.5) is 0 Å². The lowest BCUT2D eigenvalue weighted by atomic mass is 10.1. The van der Waals surface area contributed by atoms with Crippen LogP contribution in [0.5, 0.6) is 0 Å². The number of thioether (sulfide) groups is 1. The van der Waals surface area contributed by atoms with Crippen molar-refractivity contribution in [2.75, 3.05) is 0 Å². The summed E-state index contributed by atoms with van der Waals surface area (Å²) >= 11 is 1.86. The van der Waals surface area contributed by atoms with Crippen molar-refractivity contribution in [1.82, 2.24) is 0 Å². The average Bonchev–Trinajstić information content (AvgIpc) is 2.18. The second kappa shape index (κ2) is 5.20. The Morgan fingerprint density at radius 2 is 2.21 bits per heavy atom. The number of hydrogen-bond donors (Lipinski definition) is 0. The minimum atomic E-state index is 0.636. The van der Waals surface area contributed by atoms with Gasteiger partial charge < -0.3 is 0 Å². The lowest BCUT2D eigenvalue weighted by Crippen LogP contribution is -1.93. The van der Waals surface area contributed by atoms with Crippen LogP contribution in [-0.4, -0.2) is 11.5 Å². The fourth-order valence-electron chi connectivity index (χ4n) is 1.17. The molecule has 1 unspecified atom stereocenters. The zero-order chi connectivity index (χ0) is 10.6. The molecule has 0 saturated heterocycles. The maximum absolute atomic E-state index is 10.6. The first-order valence-corrected chi connectivity index (χ1v) is 5.77. The number of carbonyl (C=O) groups excluding carboxylic acids is 1. The van der Waals surface area contributed by atoms with Gasteiger partial charge in [-0.15, -0.1) is 11.8 Å². The highest BCUT2D eigenvalue weighted by atomic mass is 32.2. The quantitative estimate of drug-likeness (QED) is 0.554. The summed E-state index contributed by atoms with van der Waals surface area (Å²) in [5.74, 6) is 0. The molecule has 14 heavy (non-hydrogen) atoms. The summed E-state index contributed by atoms with van der Waals surface area (Å²) in [6.07, 6.45) is 2.08. The van der Waals surface area contributed by atoms with E-state index >= 15 is 0 Å². The van der Waals surface area contributed by atoms with Crippen molar-refractivity contribution in [1.29, 1.82) is 0 Å². The van der Waals surface area contributed by atoms with Crippen LogP contribution in [0, 0.1) is 6.92 Å². The topological polar surface area (TPSA) is 17.1 Å². The summed E-state index contributed by atoms with van der Waals surface area (Å²) in [5.41, 5.74) is 1.85. The molecule has 0 aliphatic carbocycles. The molecule has 2 heteroatoms. The molecule has 0 amide bonds. The summed E-state index contributed by atoms with van der Waals surface area (Å²) in [7, 11) is 0. The van der Waals surface area contributed by atoms with Crippen molar-refractivity contribution in [3.63, 3.8) is 0 Å². The van der Waals surface area contributed by atoms with Gasteiger partial charge in [-0.05, 0) is 31.0 Å². The van der Waals surface area contributed by atoms with Crippen molar-refractivity contribution in [3.8, 4) is 0 Å². The molecule has 0 saturated carbocycles. The minimum Gasteiger partial charge on any atom is -0.298 e. The van der Waals surface area contributed by atoms with Gasteiger partial charge in [0.2, 0.25) is 0 Å². The van der Waals surface area contributed by atoms with Gasteiger partial charge in [-0.3, -0.25) is 4.79 Å². The molecule has 76 valence electrons. The fraction of sp³-hybridized carbons (Fsp3) is 0.417. The first kappa shape index (κ1) is 11.3. The van der Waals surface area contributed by atoms with Crippen LogP contribution in [0.25, 0.3) is 0 Å². The summed E-state index contributed by atoms with van der Waals surface area (Å²) in [6, 6.07) is 6.00. The van der Waals surface area contributed by atoms with Crippen LogP contribution < -0.4 is 0 Å². The molecule has 1 atom stereocenters. The Bertz CT molecular complexity index is 320. The van der Waals surface area contributed by atoms with Crippen LogP contribution >= 0.6 is 11.8 Å². The van der Waals surface area contributed by atoms with E-state index in [0.717, 1.165) is 17.4 Å². The molecule has 0 spiro atoms. The Hall–Kier alpha value is -0.760. The summed E-state index contributed by atoms with van der Waals surface area (Å²) in [5, 5.41) is 0.636. The number of benzene rings is 1. The van der Waals surface area contributed by atoms with Gasteiger partial charge in [0.15, 0.2) is 0 Å². The fourth-order valence-corrected chi connectivity index (χ4v) is 2.19. The number of carbonyl (C=O) groups is 1. The third-order valence-corrected chi connectivity index (χ3v) is 3.54. The van der Waals surface area contributed by atoms with Crippen molar-refractivity contribution in [2.45, 2.75) is 37.3 Å². The molecule has 0 bridgehead atoms. The molecule has 1 rings (SSSR count). The molecule has 1 nitrogen and oxygen atoms in total. The molecular formula is C12H16OS. The van der Waals surface area contributed by atoms with Crippen molar-refractivity contribution in [3.05, 3.63) is 29.3 Å². The van der Waals surface area contributed by atoms with Gasteiger partial charge in [-0.2, -0.15) is 0 Å². The molecule has 0 aliphatic heterocycles. The van der Waals surface area contributed by atoms with Gasteiger partial charge in [-0.25, -0.2) is 0 Å². The molecule has 0 radical (unpaired) electrons. The van der Waals surface area contributed by atoms with Crippen LogP contribution in [0.3, 0.4) is 0 Å². The Morgan fingerprint density at radius 3 is 2.71 bits per heavy atom. The van der Waals surface area contributed by atoms with Gasteiger partial charge in [0.05, 0.1) is 0 Å². The Morgan fingerprint density at radius 1 is 1.50 bits per heavy atom. The molecule has 1 aromatic carbocycles. The van der Waals surface area contributed by atoms with Gasteiger partial charge in [0, 0.05) is 15.7 Å². The lowest BCUT2D eigenvalue weighted by Gasteiger charge is -2.09. The number of hydrogen-bond acceptors (Lipinski definition) is 2. The first-order chi connectivity index (χ1) is 6.67. The van der Waals surface area contributed by atoms with E-state index in [2.05, 4.69) is 19.9 Å². The Balaban J connectivity index is 2.81. The van der Waals surface area contributed by atoms with Crippen LogP contribution in [0.15, 0.2) is 23.1 Å². The van der Waals surface area contributed by atoms with E-state index in [1.165, 1.54) is 11.3 Å². The van der Waals surface area contributed by atoms with E-state index < -0.39 is 0 Å². The van der Waals surface area contributed by atoms with Gasteiger partial charge in [-0.1, -0.05) is 19.9 Å². The van der Waals surface area contributed by atoms with E-state index in [4.69, 9.17) is 0 Å². The van der Waals surface area contributed by atoms with E-state index in [1.807, 2.05) is 30.8 Å². The van der Waals surface area contributed by atoms with Crippen LogP contribution in [-0.2, 0) is 0 Å². The summed E-state index contributed by atoms with van der Waals surface area (Å²) in [6.45, 7) is 6.38. The van der Waals surface area contributed by atoms with Gasteiger partial charge in [0.25, 0.3) is 0 Å². The predicted octanol–water partition coefficient (Wildman–Crippen LogP) is 3.70. The molecule has 0 fully saturated rings. The smallest absolute Gasteiger partial charge is 0.150 e. The van der Waals surface area contributed by atoms with Gasteiger partial charge in [0.1, 0.15) is 6.29 Å². The third kappa shape index (κ3) is 2.88. The maximum Gasteiger partial charge on any atom is 0.150 e. The highest BCUT2D eigenvalue weighted by Crippen LogP contribution is 2.26. The Kier molecular flexibility index (Phi) is 4.21. The van der Waals surface area contributed by atoms with Gasteiger partial charge >= 0.3 is 0 Å². The zero-order valence-electron chi connectivity index (χ0n) is 8.91. The third-order valence-electron chi connectivity index (χ3n) is 2.28. The molecule has 0 aliphatic rings. The van der Waals surface area contributed by atoms with Crippen molar-refractivity contribution >= 4 is 18.0 Å².